The van der Waals surface area contributed by atoms with Gasteiger partial charge in [-0.05, 0) is 24.1 Å². The summed E-state index contributed by atoms with van der Waals surface area (Å²) in [6.07, 6.45) is 2.50. The maximum Gasteiger partial charge on any atom is 0.264 e. The monoisotopic (exact) mass is 330 g/mol. The maximum absolute atomic E-state index is 11.2. The number of fused-ring (bicyclic) bond motifs is 1. The molecule has 0 aliphatic rings. The highest BCUT2D eigenvalue weighted by Crippen LogP contribution is 2.23. The Balaban J connectivity index is 1.86. The Kier molecular flexibility index (Phi) is 4.19. The van der Waals surface area contributed by atoms with Gasteiger partial charge in [0.05, 0.1) is 24.4 Å². The van der Waals surface area contributed by atoms with Crippen molar-refractivity contribution in [2.45, 2.75) is 19.6 Å². The van der Waals surface area contributed by atoms with E-state index < -0.39 is 16.2 Å². The predicted molar refractivity (Wildman–Crippen MR) is 89.6 cm³/mol. The van der Waals surface area contributed by atoms with Crippen molar-refractivity contribution < 1.29 is 12.6 Å². The van der Waals surface area contributed by atoms with Crippen molar-refractivity contribution in [1.82, 2.24) is 9.78 Å². The highest BCUT2D eigenvalue weighted by Gasteiger charge is 2.14. The van der Waals surface area contributed by atoms with Crippen LogP contribution in [-0.4, -0.2) is 24.5 Å². The molecule has 120 valence electrons. The van der Waals surface area contributed by atoms with Gasteiger partial charge in [0.2, 0.25) is 0 Å². The lowest BCUT2D eigenvalue weighted by Gasteiger charge is -2.10. The second-order valence-corrected chi connectivity index (χ2v) is 7.17. The molecule has 0 amide bonds. The van der Waals surface area contributed by atoms with Crippen LogP contribution >= 0.6 is 0 Å². The predicted octanol–water partition coefficient (Wildman–Crippen LogP) is 3.12. The van der Waals surface area contributed by atoms with Crippen molar-refractivity contribution in [1.29, 1.82) is 0 Å². The smallest absolute Gasteiger partial charge is 0.264 e. The normalized spacial score (nSPS) is 13.3. The van der Waals surface area contributed by atoms with E-state index in [2.05, 4.69) is 17.2 Å². The van der Waals surface area contributed by atoms with E-state index in [1.165, 1.54) is 5.56 Å². The number of hydrogen-bond acceptors (Lipinski definition) is 4. The van der Waals surface area contributed by atoms with Crippen LogP contribution in [0.1, 0.15) is 24.2 Å². The molecule has 0 fully saturated rings. The fraction of sp³-hybridized carbons (Fsp3) is 0.235. The van der Waals surface area contributed by atoms with E-state index in [-0.39, 0.29) is 0 Å². The summed E-state index contributed by atoms with van der Waals surface area (Å²) in [4.78, 5) is 0. The summed E-state index contributed by atoms with van der Waals surface area (Å²) >= 11 is 0. The van der Waals surface area contributed by atoms with E-state index in [0.717, 1.165) is 22.7 Å². The third-order valence-corrected chi connectivity index (χ3v) is 4.19. The van der Waals surface area contributed by atoms with Gasteiger partial charge < -0.3 is 0 Å². The first-order valence-corrected chi connectivity index (χ1v) is 9.12. The number of rotatable bonds is 5. The van der Waals surface area contributed by atoms with E-state index in [9.17, 15) is 8.42 Å². The summed E-state index contributed by atoms with van der Waals surface area (Å²) in [5, 5.41) is 5.57. The number of nitrogens with zero attached hydrogens (tertiary/aromatic N) is 2. The molecule has 1 heterocycles. The van der Waals surface area contributed by atoms with Crippen LogP contribution in [0.3, 0.4) is 0 Å². The molecular formula is C17H18N2O3S. The van der Waals surface area contributed by atoms with Crippen LogP contribution in [0.4, 0.5) is 0 Å². The molecule has 3 aromatic rings. The Morgan fingerprint density at radius 3 is 2.61 bits per heavy atom. The van der Waals surface area contributed by atoms with Crippen LogP contribution in [0.15, 0.2) is 54.7 Å². The molecule has 1 atom stereocenters. The van der Waals surface area contributed by atoms with Crippen LogP contribution in [-0.2, 0) is 20.8 Å². The second kappa shape index (κ2) is 6.14. The van der Waals surface area contributed by atoms with Gasteiger partial charge in [0, 0.05) is 11.6 Å². The van der Waals surface area contributed by atoms with Crippen molar-refractivity contribution in [2.75, 3.05) is 6.26 Å². The molecule has 0 saturated carbocycles. The van der Waals surface area contributed by atoms with Crippen molar-refractivity contribution in [3.05, 3.63) is 65.9 Å². The van der Waals surface area contributed by atoms with Gasteiger partial charge in [0.1, 0.15) is 0 Å². The van der Waals surface area contributed by atoms with Crippen LogP contribution in [0, 0.1) is 0 Å². The van der Waals surface area contributed by atoms with Crippen LogP contribution < -0.4 is 0 Å². The fourth-order valence-corrected chi connectivity index (χ4v) is 3.14. The minimum atomic E-state index is -3.49. The molecule has 23 heavy (non-hydrogen) atoms. The third kappa shape index (κ3) is 3.97. The lowest BCUT2D eigenvalue weighted by atomic mass is 10.1. The van der Waals surface area contributed by atoms with Gasteiger partial charge in [0.15, 0.2) is 0 Å². The highest BCUT2D eigenvalue weighted by atomic mass is 32.2. The van der Waals surface area contributed by atoms with E-state index >= 15 is 0 Å². The lowest BCUT2D eigenvalue weighted by molar-refractivity contribution is 0.237. The molecule has 0 spiro atoms. The van der Waals surface area contributed by atoms with Gasteiger partial charge in [-0.15, -0.1) is 0 Å². The molecule has 2 aromatic carbocycles. The zero-order chi connectivity index (χ0) is 16.4. The quantitative estimate of drug-likeness (QED) is 0.674. The third-order valence-electron chi connectivity index (χ3n) is 3.55. The highest BCUT2D eigenvalue weighted by molar-refractivity contribution is 7.86. The Bertz CT molecular complexity index is 917. The van der Waals surface area contributed by atoms with Crippen molar-refractivity contribution in [3.63, 3.8) is 0 Å². The van der Waals surface area contributed by atoms with Crippen LogP contribution in [0.2, 0.25) is 0 Å². The Morgan fingerprint density at radius 1 is 1.17 bits per heavy atom. The van der Waals surface area contributed by atoms with Crippen molar-refractivity contribution >= 4 is 21.0 Å². The first-order chi connectivity index (χ1) is 10.9. The van der Waals surface area contributed by atoms with Crippen LogP contribution in [0.25, 0.3) is 10.9 Å². The molecule has 1 unspecified atom stereocenters. The van der Waals surface area contributed by atoms with E-state index in [4.69, 9.17) is 4.18 Å². The Labute approximate surface area is 135 Å². The van der Waals surface area contributed by atoms with Gasteiger partial charge in [-0.3, -0.25) is 8.86 Å². The summed E-state index contributed by atoms with van der Waals surface area (Å²) in [6, 6.07) is 15.8. The van der Waals surface area contributed by atoms with E-state index in [0.29, 0.717) is 6.54 Å². The van der Waals surface area contributed by atoms with Crippen molar-refractivity contribution in [3.8, 4) is 0 Å². The fourth-order valence-electron chi connectivity index (χ4n) is 2.51. The first-order valence-electron chi connectivity index (χ1n) is 7.30. The van der Waals surface area contributed by atoms with E-state index in [1.807, 2.05) is 47.3 Å². The number of hydrogen-bond donors (Lipinski definition) is 0. The number of benzene rings is 2. The molecule has 0 aliphatic carbocycles. The molecular weight excluding hydrogens is 312 g/mol. The lowest BCUT2D eigenvalue weighted by Crippen LogP contribution is -2.07. The molecule has 1 aromatic heterocycles. The molecule has 0 bridgehead atoms. The largest absolute Gasteiger partial charge is 0.267 e. The first kappa shape index (κ1) is 15.7. The van der Waals surface area contributed by atoms with Gasteiger partial charge in [-0.25, -0.2) is 0 Å². The average molecular weight is 330 g/mol. The molecule has 6 heteroatoms. The maximum atomic E-state index is 11.2. The van der Waals surface area contributed by atoms with E-state index in [1.54, 1.807) is 6.92 Å². The van der Waals surface area contributed by atoms with Crippen LogP contribution in [0.5, 0.6) is 0 Å². The molecule has 0 aliphatic heterocycles. The summed E-state index contributed by atoms with van der Waals surface area (Å²) in [7, 11) is -3.49. The molecule has 0 radical (unpaired) electrons. The molecule has 5 nitrogen and oxygen atoms in total. The molecule has 0 saturated heterocycles. The summed E-state index contributed by atoms with van der Waals surface area (Å²) in [5.74, 6) is 0. The summed E-state index contributed by atoms with van der Waals surface area (Å²) in [6.45, 7) is 2.41. The molecule has 0 N–H and O–H groups in total. The summed E-state index contributed by atoms with van der Waals surface area (Å²) < 4.78 is 29.4. The average Bonchev–Trinajstić information content (AvgIpc) is 2.87. The SMILES string of the molecule is CC(OS(C)(=O)=O)c1ccc2cn(Cc3ccccc3)nc2c1. The Morgan fingerprint density at radius 2 is 1.91 bits per heavy atom. The standard InChI is InChI=1S/C17H18N2O3S/c1-13(22-23(2,20)21)15-8-9-16-12-19(18-17(16)10-15)11-14-6-4-3-5-7-14/h3-10,12-13H,11H2,1-2H3. The van der Waals surface area contributed by atoms with Crippen molar-refractivity contribution in [2.24, 2.45) is 0 Å². The summed E-state index contributed by atoms with van der Waals surface area (Å²) in [5.41, 5.74) is 2.78. The minimum absolute atomic E-state index is 0.534. The zero-order valence-corrected chi connectivity index (χ0v) is 13.8. The minimum Gasteiger partial charge on any atom is -0.267 e. The van der Waals surface area contributed by atoms with Gasteiger partial charge >= 0.3 is 0 Å². The number of aromatic nitrogens is 2. The molecule has 3 rings (SSSR count). The second-order valence-electron chi connectivity index (χ2n) is 5.57. The van der Waals surface area contributed by atoms with Gasteiger partial charge in [-0.1, -0.05) is 42.5 Å². The van der Waals surface area contributed by atoms with Gasteiger partial charge in [0.25, 0.3) is 10.1 Å². The Hall–Kier alpha value is -2.18. The topological polar surface area (TPSA) is 61.2 Å². The van der Waals surface area contributed by atoms with Gasteiger partial charge in [-0.2, -0.15) is 13.5 Å². The zero-order valence-electron chi connectivity index (χ0n) is 13.0.